The molecule has 0 unspecified atom stereocenters. The molecule has 2 aromatic rings. The van der Waals surface area contributed by atoms with E-state index in [-0.39, 0.29) is 0 Å². The molecule has 1 aromatic carbocycles. The van der Waals surface area contributed by atoms with E-state index in [1.54, 1.807) is 0 Å². The average molecular weight is 297 g/mol. The highest BCUT2D eigenvalue weighted by Crippen LogP contribution is 2.17. The number of nitrogens with zero attached hydrogens (tertiary/aromatic N) is 3. The van der Waals surface area contributed by atoms with Gasteiger partial charge >= 0.3 is 0 Å². The van der Waals surface area contributed by atoms with E-state index in [4.69, 9.17) is 17.3 Å². The van der Waals surface area contributed by atoms with E-state index in [1.807, 2.05) is 6.07 Å². The first-order valence-electron chi connectivity index (χ1n) is 6.22. The standard InChI is InChI=1S/C13H17ClN4S/c14-13-17-16-12(19-13)10-18(8-4-7-15)9-11-5-2-1-3-6-11/h1-3,5-6H,4,7-10,15H2. The Bertz CT molecular complexity index is 488. The summed E-state index contributed by atoms with van der Waals surface area (Å²) in [5.74, 6) is 0. The molecule has 0 atom stereocenters. The second kappa shape index (κ2) is 7.55. The van der Waals surface area contributed by atoms with Crippen molar-refractivity contribution >= 4 is 22.9 Å². The van der Waals surface area contributed by atoms with Gasteiger partial charge in [-0.3, -0.25) is 4.90 Å². The van der Waals surface area contributed by atoms with E-state index in [1.165, 1.54) is 16.9 Å². The summed E-state index contributed by atoms with van der Waals surface area (Å²) in [6.45, 7) is 3.29. The number of hydrogen-bond acceptors (Lipinski definition) is 5. The van der Waals surface area contributed by atoms with Gasteiger partial charge in [-0.15, -0.1) is 10.2 Å². The molecule has 0 aliphatic carbocycles. The highest BCUT2D eigenvalue weighted by molar-refractivity contribution is 7.15. The molecule has 0 radical (unpaired) electrons. The Morgan fingerprint density at radius 3 is 2.58 bits per heavy atom. The summed E-state index contributed by atoms with van der Waals surface area (Å²) in [6.07, 6.45) is 0.972. The van der Waals surface area contributed by atoms with Gasteiger partial charge in [-0.2, -0.15) is 0 Å². The van der Waals surface area contributed by atoms with Gasteiger partial charge in [-0.05, 0) is 30.1 Å². The quantitative estimate of drug-likeness (QED) is 0.853. The molecule has 0 amide bonds. The summed E-state index contributed by atoms with van der Waals surface area (Å²) < 4.78 is 0.494. The Morgan fingerprint density at radius 2 is 1.95 bits per heavy atom. The minimum absolute atomic E-state index is 0.494. The van der Waals surface area contributed by atoms with Crippen LogP contribution in [0, 0.1) is 0 Å². The van der Waals surface area contributed by atoms with Gasteiger partial charge in [0.25, 0.3) is 0 Å². The van der Waals surface area contributed by atoms with Crippen LogP contribution in [0.15, 0.2) is 30.3 Å². The molecule has 0 fully saturated rings. The fraction of sp³-hybridized carbons (Fsp3) is 0.385. The maximum Gasteiger partial charge on any atom is 0.207 e. The van der Waals surface area contributed by atoms with Crippen LogP contribution < -0.4 is 5.73 Å². The third kappa shape index (κ3) is 4.87. The molecule has 4 nitrogen and oxygen atoms in total. The molecule has 2 N–H and O–H groups in total. The van der Waals surface area contributed by atoms with Crippen LogP contribution in [-0.4, -0.2) is 28.2 Å². The van der Waals surface area contributed by atoms with Gasteiger partial charge in [-0.25, -0.2) is 0 Å². The van der Waals surface area contributed by atoms with Gasteiger partial charge in [0, 0.05) is 13.1 Å². The van der Waals surface area contributed by atoms with Crippen molar-refractivity contribution in [2.75, 3.05) is 13.1 Å². The summed E-state index contributed by atoms with van der Waals surface area (Å²) in [5, 5.41) is 8.85. The predicted octanol–water partition coefficient (Wildman–Crippen LogP) is 2.54. The van der Waals surface area contributed by atoms with Crippen LogP contribution in [0.3, 0.4) is 0 Å². The lowest BCUT2D eigenvalue weighted by molar-refractivity contribution is 0.254. The van der Waals surface area contributed by atoms with E-state index in [0.717, 1.165) is 31.1 Å². The van der Waals surface area contributed by atoms with E-state index in [2.05, 4.69) is 39.4 Å². The first kappa shape index (κ1) is 14.4. The zero-order chi connectivity index (χ0) is 13.5. The van der Waals surface area contributed by atoms with Crippen molar-refractivity contribution in [2.45, 2.75) is 19.5 Å². The summed E-state index contributed by atoms with van der Waals surface area (Å²) in [4.78, 5) is 2.32. The molecular formula is C13H17ClN4S. The van der Waals surface area contributed by atoms with Gasteiger partial charge in [0.05, 0.1) is 6.54 Å². The van der Waals surface area contributed by atoms with Gasteiger partial charge in [0.2, 0.25) is 4.47 Å². The Morgan fingerprint density at radius 1 is 1.16 bits per heavy atom. The monoisotopic (exact) mass is 296 g/mol. The normalized spacial score (nSPS) is 11.1. The number of nitrogens with two attached hydrogens (primary N) is 1. The SMILES string of the molecule is NCCCN(Cc1ccccc1)Cc1nnc(Cl)s1. The molecule has 0 bridgehead atoms. The zero-order valence-corrected chi connectivity index (χ0v) is 12.2. The predicted molar refractivity (Wildman–Crippen MR) is 79.1 cm³/mol. The van der Waals surface area contributed by atoms with Crippen molar-refractivity contribution in [2.24, 2.45) is 5.73 Å². The van der Waals surface area contributed by atoms with Gasteiger partial charge in [-0.1, -0.05) is 41.7 Å². The molecule has 0 saturated heterocycles. The smallest absolute Gasteiger partial charge is 0.207 e. The highest BCUT2D eigenvalue weighted by atomic mass is 35.5. The van der Waals surface area contributed by atoms with Gasteiger partial charge in [0.15, 0.2) is 0 Å². The number of aromatic nitrogens is 2. The molecule has 0 saturated carbocycles. The molecule has 0 aliphatic rings. The molecule has 6 heteroatoms. The zero-order valence-electron chi connectivity index (χ0n) is 10.6. The molecule has 102 valence electrons. The van der Waals surface area contributed by atoms with Crippen LogP contribution in [0.4, 0.5) is 0 Å². The maximum absolute atomic E-state index is 5.81. The lowest BCUT2D eigenvalue weighted by atomic mass is 10.2. The lowest BCUT2D eigenvalue weighted by Gasteiger charge is -2.20. The minimum atomic E-state index is 0.494. The molecule has 1 heterocycles. The fourth-order valence-corrected chi connectivity index (χ4v) is 2.77. The number of hydrogen-bond donors (Lipinski definition) is 1. The van der Waals surface area contributed by atoms with E-state index < -0.39 is 0 Å². The van der Waals surface area contributed by atoms with Gasteiger partial charge < -0.3 is 5.73 Å². The largest absolute Gasteiger partial charge is 0.330 e. The average Bonchev–Trinajstić information content (AvgIpc) is 2.82. The molecule has 0 spiro atoms. The molecule has 1 aromatic heterocycles. The van der Waals surface area contributed by atoms with Crippen LogP contribution in [-0.2, 0) is 13.1 Å². The maximum atomic E-state index is 5.81. The molecule has 0 aliphatic heterocycles. The van der Waals surface area contributed by atoms with Crippen LogP contribution in [0.2, 0.25) is 4.47 Å². The van der Waals surface area contributed by atoms with Crippen LogP contribution in [0.5, 0.6) is 0 Å². The number of rotatable bonds is 7. The third-order valence-corrected chi connectivity index (χ3v) is 3.73. The summed E-state index contributed by atoms with van der Waals surface area (Å²) in [5.41, 5.74) is 6.88. The Labute approximate surface area is 122 Å². The van der Waals surface area contributed by atoms with Crippen molar-refractivity contribution < 1.29 is 0 Å². The number of benzene rings is 1. The second-order valence-electron chi connectivity index (χ2n) is 4.29. The van der Waals surface area contributed by atoms with Crippen molar-refractivity contribution in [1.82, 2.24) is 15.1 Å². The summed E-state index contributed by atoms with van der Waals surface area (Å²) >= 11 is 7.25. The highest BCUT2D eigenvalue weighted by Gasteiger charge is 2.10. The van der Waals surface area contributed by atoms with Crippen LogP contribution in [0.1, 0.15) is 17.0 Å². The van der Waals surface area contributed by atoms with E-state index in [0.29, 0.717) is 11.0 Å². The minimum Gasteiger partial charge on any atom is -0.330 e. The van der Waals surface area contributed by atoms with Crippen molar-refractivity contribution in [3.8, 4) is 0 Å². The fourth-order valence-electron chi connectivity index (χ4n) is 1.86. The first-order chi connectivity index (χ1) is 9.28. The third-order valence-electron chi connectivity index (χ3n) is 2.73. The van der Waals surface area contributed by atoms with E-state index in [9.17, 15) is 0 Å². The lowest BCUT2D eigenvalue weighted by Crippen LogP contribution is -2.25. The Hall–Kier alpha value is -1.01. The van der Waals surface area contributed by atoms with Crippen molar-refractivity contribution in [3.63, 3.8) is 0 Å². The van der Waals surface area contributed by atoms with Crippen LogP contribution >= 0.6 is 22.9 Å². The molecule has 2 rings (SSSR count). The van der Waals surface area contributed by atoms with Gasteiger partial charge in [0.1, 0.15) is 5.01 Å². The Kier molecular flexibility index (Phi) is 5.72. The van der Waals surface area contributed by atoms with E-state index >= 15 is 0 Å². The molecular weight excluding hydrogens is 280 g/mol. The topological polar surface area (TPSA) is 55.0 Å². The number of halogens is 1. The first-order valence-corrected chi connectivity index (χ1v) is 7.41. The van der Waals surface area contributed by atoms with Crippen molar-refractivity contribution in [3.05, 3.63) is 45.4 Å². The second-order valence-corrected chi connectivity index (χ2v) is 5.93. The molecule has 19 heavy (non-hydrogen) atoms. The van der Waals surface area contributed by atoms with Crippen LogP contribution in [0.25, 0.3) is 0 Å². The summed E-state index contributed by atoms with van der Waals surface area (Å²) in [6, 6.07) is 10.4. The Balaban J connectivity index is 1.99. The summed E-state index contributed by atoms with van der Waals surface area (Å²) in [7, 11) is 0. The van der Waals surface area contributed by atoms with Crippen molar-refractivity contribution in [1.29, 1.82) is 0 Å².